The second-order valence-electron chi connectivity index (χ2n) is 6.37. The van der Waals surface area contributed by atoms with Crippen LogP contribution in [0.25, 0.3) is 10.3 Å². The second-order valence-corrected chi connectivity index (χ2v) is 7.37. The number of hydrogen-bond acceptors (Lipinski definition) is 6. The summed E-state index contributed by atoms with van der Waals surface area (Å²) in [4.78, 5) is 21.8. The van der Waals surface area contributed by atoms with E-state index in [-0.39, 0.29) is 0 Å². The van der Waals surface area contributed by atoms with Gasteiger partial charge in [-0.25, -0.2) is 4.98 Å². The van der Waals surface area contributed by atoms with Crippen molar-refractivity contribution >= 4 is 28.0 Å². The third-order valence-electron chi connectivity index (χ3n) is 4.26. The first-order valence-electron chi connectivity index (χ1n) is 8.98. The zero-order chi connectivity index (χ0) is 19.2. The average molecular weight is 389 g/mol. The fourth-order valence-electron chi connectivity index (χ4n) is 2.95. The number of carbonyl (C=O) groups is 1. The molecule has 0 aliphatic carbocycles. The van der Waals surface area contributed by atoms with Gasteiger partial charge < -0.3 is 9.53 Å². The Morgan fingerprint density at radius 3 is 2.39 bits per heavy atom. The molecule has 0 N–H and O–H groups in total. The van der Waals surface area contributed by atoms with Crippen LogP contribution in [0.1, 0.15) is 11.1 Å². The molecule has 0 amide bonds. The Bertz CT molecular complexity index is 1020. The number of pyridine rings is 1. The SMILES string of the molecule is O=CCN(Cc1ccccc1)Cc1ccc(Oc2nc3ncccc3s2)cc1. The molecular weight excluding hydrogens is 370 g/mol. The summed E-state index contributed by atoms with van der Waals surface area (Å²) < 4.78 is 6.86. The molecule has 2 aromatic heterocycles. The molecule has 0 radical (unpaired) electrons. The summed E-state index contributed by atoms with van der Waals surface area (Å²) >= 11 is 1.47. The van der Waals surface area contributed by atoms with Crippen molar-refractivity contribution in [3.8, 4) is 10.9 Å². The lowest BCUT2D eigenvalue weighted by molar-refractivity contribution is -0.109. The van der Waals surface area contributed by atoms with Crippen LogP contribution < -0.4 is 4.74 Å². The van der Waals surface area contributed by atoms with Crippen LogP contribution in [0.3, 0.4) is 0 Å². The van der Waals surface area contributed by atoms with Gasteiger partial charge in [-0.15, -0.1) is 0 Å². The van der Waals surface area contributed by atoms with Crippen molar-refractivity contribution in [2.24, 2.45) is 0 Å². The third-order valence-corrected chi connectivity index (χ3v) is 5.15. The van der Waals surface area contributed by atoms with Crippen LogP contribution in [0, 0.1) is 0 Å². The third kappa shape index (κ3) is 4.60. The number of rotatable bonds is 8. The van der Waals surface area contributed by atoms with Crippen molar-refractivity contribution in [1.29, 1.82) is 0 Å². The molecule has 2 heterocycles. The highest BCUT2D eigenvalue weighted by Gasteiger charge is 2.09. The highest BCUT2D eigenvalue weighted by Crippen LogP contribution is 2.30. The van der Waals surface area contributed by atoms with Gasteiger partial charge in [-0.2, -0.15) is 4.98 Å². The molecule has 5 nitrogen and oxygen atoms in total. The van der Waals surface area contributed by atoms with Crippen LogP contribution in [0.15, 0.2) is 72.9 Å². The van der Waals surface area contributed by atoms with Gasteiger partial charge >= 0.3 is 0 Å². The number of fused-ring (bicyclic) bond motifs is 1. The lowest BCUT2D eigenvalue weighted by Crippen LogP contribution is -2.24. The summed E-state index contributed by atoms with van der Waals surface area (Å²) in [7, 11) is 0. The summed E-state index contributed by atoms with van der Waals surface area (Å²) in [5.74, 6) is 0.729. The first-order chi connectivity index (χ1) is 13.8. The van der Waals surface area contributed by atoms with Crippen LogP contribution in [-0.4, -0.2) is 27.7 Å². The van der Waals surface area contributed by atoms with Gasteiger partial charge in [0.05, 0.1) is 11.2 Å². The van der Waals surface area contributed by atoms with Crippen LogP contribution in [0.5, 0.6) is 10.9 Å². The number of hydrogen-bond donors (Lipinski definition) is 0. The number of aldehydes is 1. The number of benzene rings is 2. The Hall–Kier alpha value is -3.09. The van der Waals surface area contributed by atoms with Gasteiger partial charge in [0.1, 0.15) is 12.0 Å². The largest absolute Gasteiger partial charge is 0.431 e. The fraction of sp³-hybridized carbons (Fsp3) is 0.136. The van der Waals surface area contributed by atoms with Gasteiger partial charge in [0.15, 0.2) is 5.65 Å². The van der Waals surface area contributed by atoms with E-state index in [9.17, 15) is 4.79 Å². The van der Waals surface area contributed by atoms with Gasteiger partial charge in [0.2, 0.25) is 0 Å². The van der Waals surface area contributed by atoms with E-state index in [4.69, 9.17) is 4.74 Å². The minimum Gasteiger partial charge on any atom is -0.431 e. The molecule has 2 aromatic carbocycles. The molecule has 0 saturated carbocycles. The molecule has 0 fully saturated rings. The monoisotopic (exact) mass is 389 g/mol. The van der Waals surface area contributed by atoms with Crippen molar-refractivity contribution < 1.29 is 9.53 Å². The molecule has 0 aliphatic heterocycles. The predicted molar refractivity (Wildman–Crippen MR) is 111 cm³/mol. The summed E-state index contributed by atoms with van der Waals surface area (Å²) in [5, 5.41) is 0.577. The van der Waals surface area contributed by atoms with E-state index in [2.05, 4.69) is 27.0 Å². The quantitative estimate of drug-likeness (QED) is 0.409. The zero-order valence-corrected chi connectivity index (χ0v) is 16.0. The number of thiazole rings is 1. The topological polar surface area (TPSA) is 55.3 Å². The average Bonchev–Trinajstić information content (AvgIpc) is 3.13. The summed E-state index contributed by atoms with van der Waals surface area (Å²) in [6.45, 7) is 1.82. The van der Waals surface area contributed by atoms with E-state index in [1.54, 1.807) is 6.20 Å². The Morgan fingerprint density at radius 2 is 1.68 bits per heavy atom. The molecular formula is C22H19N3O2S. The molecule has 28 heavy (non-hydrogen) atoms. The first-order valence-corrected chi connectivity index (χ1v) is 9.80. The Morgan fingerprint density at radius 1 is 0.929 bits per heavy atom. The van der Waals surface area contributed by atoms with Crippen LogP contribution in [-0.2, 0) is 17.9 Å². The van der Waals surface area contributed by atoms with Gasteiger partial charge in [-0.05, 0) is 35.4 Å². The zero-order valence-electron chi connectivity index (χ0n) is 15.2. The van der Waals surface area contributed by atoms with Gasteiger partial charge in [0.25, 0.3) is 5.19 Å². The predicted octanol–water partition coefficient (Wildman–Crippen LogP) is 4.68. The summed E-state index contributed by atoms with van der Waals surface area (Å²) in [6.07, 6.45) is 2.67. The second kappa shape index (κ2) is 8.73. The molecule has 0 bridgehead atoms. The number of ether oxygens (including phenoxy) is 1. The Balaban J connectivity index is 1.42. The van der Waals surface area contributed by atoms with Crippen LogP contribution in [0.4, 0.5) is 0 Å². The Labute approximate surface area is 167 Å². The first kappa shape index (κ1) is 18.3. The van der Waals surface area contributed by atoms with Gasteiger partial charge in [-0.3, -0.25) is 4.90 Å². The highest BCUT2D eigenvalue weighted by atomic mass is 32.1. The fourth-order valence-corrected chi connectivity index (χ4v) is 3.74. The normalized spacial score (nSPS) is 11.0. The highest BCUT2D eigenvalue weighted by molar-refractivity contribution is 7.20. The number of nitrogens with zero attached hydrogens (tertiary/aromatic N) is 3. The molecule has 0 unspecified atom stereocenters. The van der Waals surface area contributed by atoms with Crippen molar-refractivity contribution in [2.75, 3.05) is 6.54 Å². The minimum absolute atomic E-state index is 0.395. The number of aromatic nitrogens is 2. The van der Waals surface area contributed by atoms with E-state index in [1.165, 1.54) is 16.9 Å². The van der Waals surface area contributed by atoms with E-state index in [1.807, 2.05) is 54.6 Å². The molecule has 4 rings (SSSR count). The number of carbonyl (C=O) groups excluding carboxylic acids is 1. The molecule has 0 saturated heterocycles. The van der Waals surface area contributed by atoms with E-state index in [0.29, 0.717) is 23.9 Å². The minimum atomic E-state index is 0.395. The van der Waals surface area contributed by atoms with Crippen LogP contribution in [0.2, 0.25) is 0 Å². The molecule has 0 aliphatic rings. The molecule has 0 atom stereocenters. The van der Waals surface area contributed by atoms with Crippen LogP contribution >= 0.6 is 11.3 Å². The van der Waals surface area contributed by atoms with Crippen molar-refractivity contribution in [1.82, 2.24) is 14.9 Å². The lowest BCUT2D eigenvalue weighted by Gasteiger charge is -2.20. The molecule has 0 spiro atoms. The molecule has 4 aromatic rings. The van der Waals surface area contributed by atoms with Crippen molar-refractivity contribution in [2.45, 2.75) is 13.1 Å². The van der Waals surface area contributed by atoms with Gasteiger partial charge in [-0.1, -0.05) is 53.8 Å². The van der Waals surface area contributed by atoms with Crippen molar-refractivity contribution in [3.63, 3.8) is 0 Å². The van der Waals surface area contributed by atoms with Gasteiger partial charge in [0, 0.05) is 19.3 Å². The summed E-state index contributed by atoms with van der Waals surface area (Å²) in [6, 6.07) is 21.9. The standard InChI is InChI=1S/C22H19N3O2S/c26-14-13-25(15-17-5-2-1-3-6-17)16-18-8-10-19(11-9-18)27-22-24-21-20(28-22)7-4-12-23-21/h1-12,14H,13,15-16H2. The van der Waals surface area contributed by atoms with E-state index >= 15 is 0 Å². The van der Waals surface area contributed by atoms with E-state index < -0.39 is 0 Å². The molecule has 140 valence electrons. The molecule has 6 heteroatoms. The maximum Gasteiger partial charge on any atom is 0.281 e. The Kier molecular flexibility index (Phi) is 5.70. The van der Waals surface area contributed by atoms with Crippen molar-refractivity contribution in [3.05, 3.63) is 84.1 Å². The smallest absolute Gasteiger partial charge is 0.281 e. The summed E-state index contributed by atoms with van der Waals surface area (Å²) in [5.41, 5.74) is 3.01. The maximum atomic E-state index is 11.1. The lowest BCUT2D eigenvalue weighted by atomic mass is 10.1. The maximum absolute atomic E-state index is 11.1. The van der Waals surface area contributed by atoms with E-state index in [0.717, 1.165) is 28.8 Å².